The Kier molecular flexibility index (Phi) is 5.10. The fourth-order valence-electron chi connectivity index (χ4n) is 2.40. The fraction of sp³-hybridized carbons (Fsp3) is 0.692. The second-order valence-electron chi connectivity index (χ2n) is 4.82. The Bertz CT molecular complexity index is 271. The quantitative estimate of drug-likeness (QED) is 0.569. The smallest absolute Gasteiger partial charge is 0.206 e. The Morgan fingerprint density at radius 3 is 2.25 bits per heavy atom. The molecule has 0 heterocycles. The van der Waals surface area contributed by atoms with E-state index in [1.165, 1.54) is 12.8 Å². The van der Waals surface area contributed by atoms with Crippen molar-refractivity contribution in [1.29, 1.82) is 0 Å². The molecule has 0 amide bonds. The minimum Gasteiger partial charge on any atom is -0.206 e. The van der Waals surface area contributed by atoms with Crippen molar-refractivity contribution in [2.24, 2.45) is 11.8 Å². The SMILES string of the molecule is C=C(CC(C)CC(F)=C(F)F)C1CCCC1. The lowest BCUT2D eigenvalue weighted by molar-refractivity contribution is 0.353. The first-order valence-corrected chi connectivity index (χ1v) is 5.88. The molecule has 1 rings (SSSR count). The summed E-state index contributed by atoms with van der Waals surface area (Å²) in [5.41, 5.74) is 1.11. The third-order valence-electron chi connectivity index (χ3n) is 3.28. The van der Waals surface area contributed by atoms with Crippen LogP contribution in [0.1, 0.15) is 45.4 Å². The minimum absolute atomic E-state index is 0.0883. The van der Waals surface area contributed by atoms with Gasteiger partial charge in [0.05, 0.1) is 0 Å². The molecule has 0 bridgehead atoms. The van der Waals surface area contributed by atoms with Gasteiger partial charge in [-0.3, -0.25) is 0 Å². The van der Waals surface area contributed by atoms with E-state index in [0.29, 0.717) is 12.3 Å². The maximum atomic E-state index is 12.7. The van der Waals surface area contributed by atoms with E-state index in [2.05, 4.69) is 6.58 Å². The van der Waals surface area contributed by atoms with Gasteiger partial charge < -0.3 is 0 Å². The molecule has 16 heavy (non-hydrogen) atoms. The lowest BCUT2D eigenvalue weighted by atomic mass is 9.89. The van der Waals surface area contributed by atoms with Crippen LogP contribution in [0, 0.1) is 11.8 Å². The van der Waals surface area contributed by atoms with Gasteiger partial charge in [0.25, 0.3) is 0 Å². The average Bonchev–Trinajstić information content (AvgIpc) is 2.69. The topological polar surface area (TPSA) is 0 Å². The molecule has 0 aromatic rings. The third-order valence-corrected chi connectivity index (χ3v) is 3.28. The first kappa shape index (κ1) is 13.3. The molecular formula is C13H19F3. The molecule has 1 atom stereocenters. The standard InChI is InChI=1S/C13H19F3/c1-9(8-12(14)13(15)16)7-10(2)11-5-3-4-6-11/h9,11H,2-8H2,1H3. The molecule has 1 saturated carbocycles. The normalized spacial score (nSPS) is 18.5. The minimum atomic E-state index is -2.18. The van der Waals surface area contributed by atoms with E-state index in [9.17, 15) is 13.2 Å². The number of hydrogen-bond acceptors (Lipinski definition) is 0. The van der Waals surface area contributed by atoms with Crippen LogP contribution in [0.25, 0.3) is 0 Å². The van der Waals surface area contributed by atoms with E-state index < -0.39 is 11.9 Å². The maximum Gasteiger partial charge on any atom is 0.301 e. The van der Waals surface area contributed by atoms with Gasteiger partial charge in [-0.1, -0.05) is 31.9 Å². The van der Waals surface area contributed by atoms with Gasteiger partial charge in [-0.2, -0.15) is 8.78 Å². The van der Waals surface area contributed by atoms with Gasteiger partial charge >= 0.3 is 6.08 Å². The molecule has 3 heteroatoms. The van der Waals surface area contributed by atoms with E-state index in [-0.39, 0.29) is 12.3 Å². The number of hydrogen-bond donors (Lipinski definition) is 0. The molecule has 1 aliphatic carbocycles. The number of halogens is 3. The van der Waals surface area contributed by atoms with E-state index in [4.69, 9.17) is 0 Å². The van der Waals surface area contributed by atoms with Gasteiger partial charge in [-0.25, -0.2) is 4.39 Å². The van der Waals surface area contributed by atoms with Crippen LogP contribution in [0.2, 0.25) is 0 Å². The van der Waals surface area contributed by atoms with Crippen molar-refractivity contribution >= 4 is 0 Å². The first-order chi connectivity index (χ1) is 7.50. The Morgan fingerprint density at radius 2 is 1.75 bits per heavy atom. The molecule has 0 aliphatic heterocycles. The lowest BCUT2D eigenvalue weighted by Crippen LogP contribution is -2.04. The zero-order valence-electron chi connectivity index (χ0n) is 9.74. The second-order valence-corrected chi connectivity index (χ2v) is 4.82. The average molecular weight is 232 g/mol. The van der Waals surface area contributed by atoms with Crippen LogP contribution in [0.15, 0.2) is 24.1 Å². The van der Waals surface area contributed by atoms with Gasteiger partial charge in [0.1, 0.15) is 0 Å². The Hall–Kier alpha value is -0.730. The second kappa shape index (κ2) is 6.12. The molecule has 0 saturated heterocycles. The van der Waals surface area contributed by atoms with E-state index >= 15 is 0 Å². The van der Waals surface area contributed by atoms with Crippen molar-refractivity contribution in [2.45, 2.75) is 45.4 Å². The molecule has 1 unspecified atom stereocenters. The van der Waals surface area contributed by atoms with E-state index in [0.717, 1.165) is 18.4 Å². The Balaban J connectivity index is 2.36. The van der Waals surface area contributed by atoms with Gasteiger partial charge in [-0.15, -0.1) is 0 Å². The van der Waals surface area contributed by atoms with Crippen LogP contribution < -0.4 is 0 Å². The molecule has 0 radical (unpaired) electrons. The zero-order valence-corrected chi connectivity index (χ0v) is 9.74. The van der Waals surface area contributed by atoms with Gasteiger partial charge in [-0.05, 0) is 31.1 Å². The predicted molar refractivity (Wildman–Crippen MR) is 59.8 cm³/mol. The summed E-state index contributed by atoms with van der Waals surface area (Å²) in [6, 6.07) is 0. The summed E-state index contributed by atoms with van der Waals surface area (Å²) in [6.45, 7) is 5.80. The highest BCUT2D eigenvalue weighted by Crippen LogP contribution is 2.34. The summed E-state index contributed by atoms with van der Waals surface area (Å²) in [6.07, 6.45) is 3.07. The van der Waals surface area contributed by atoms with Crippen molar-refractivity contribution in [3.63, 3.8) is 0 Å². The molecule has 0 spiro atoms. The van der Waals surface area contributed by atoms with Crippen LogP contribution in [0.5, 0.6) is 0 Å². The summed E-state index contributed by atoms with van der Waals surface area (Å²) >= 11 is 0. The molecule has 1 fully saturated rings. The van der Waals surface area contributed by atoms with E-state index in [1.807, 2.05) is 0 Å². The first-order valence-electron chi connectivity index (χ1n) is 5.88. The lowest BCUT2D eigenvalue weighted by Gasteiger charge is -2.17. The molecule has 92 valence electrons. The largest absolute Gasteiger partial charge is 0.301 e. The van der Waals surface area contributed by atoms with Gasteiger partial charge in [0.2, 0.25) is 0 Å². The Labute approximate surface area is 95.2 Å². The summed E-state index contributed by atoms with van der Waals surface area (Å²) in [5, 5.41) is 0. The number of allylic oxidation sites excluding steroid dienone is 2. The highest BCUT2D eigenvalue weighted by molar-refractivity contribution is 5.05. The van der Waals surface area contributed by atoms with Crippen molar-refractivity contribution in [2.75, 3.05) is 0 Å². The summed E-state index contributed by atoms with van der Waals surface area (Å²) in [5.74, 6) is -0.828. The predicted octanol–water partition coefficient (Wildman–Crippen LogP) is 5.23. The van der Waals surface area contributed by atoms with Crippen molar-refractivity contribution < 1.29 is 13.2 Å². The monoisotopic (exact) mass is 232 g/mol. The highest BCUT2D eigenvalue weighted by atomic mass is 19.3. The van der Waals surface area contributed by atoms with Gasteiger partial charge in [0.15, 0.2) is 5.83 Å². The summed E-state index contributed by atoms with van der Waals surface area (Å²) < 4.78 is 36.5. The summed E-state index contributed by atoms with van der Waals surface area (Å²) in [4.78, 5) is 0. The maximum absolute atomic E-state index is 12.7. The summed E-state index contributed by atoms with van der Waals surface area (Å²) in [7, 11) is 0. The Morgan fingerprint density at radius 1 is 1.19 bits per heavy atom. The molecule has 0 N–H and O–H groups in total. The van der Waals surface area contributed by atoms with Crippen molar-refractivity contribution in [1.82, 2.24) is 0 Å². The van der Waals surface area contributed by atoms with Crippen molar-refractivity contribution in [3.05, 3.63) is 24.1 Å². The molecule has 0 nitrogen and oxygen atoms in total. The van der Waals surface area contributed by atoms with Crippen LogP contribution in [-0.4, -0.2) is 0 Å². The van der Waals surface area contributed by atoms with Crippen LogP contribution in [0.4, 0.5) is 13.2 Å². The molecule has 0 aromatic heterocycles. The molecule has 0 aromatic carbocycles. The van der Waals surface area contributed by atoms with Gasteiger partial charge in [0, 0.05) is 6.42 Å². The van der Waals surface area contributed by atoms with Crippen LogP contribution in [0.3, 0.4) is 0 Å². The highest BCUT2D eigenvalue weighted by Gasteiger charge is 2.20. The fourth-order valence-corrected chi connectivity index (χ4v) is 2.40. The van der Waals surface area contributed by atoms with Crippen molar-refractivity contribution in [3.8, 4) is 0 Å². The third kappa shape index (κ3) is 4.03. The zero-order chi connectivity index (χ0) is 12.1. The van der Waals surface area contributed by atoms with Crippen LogP contribution in [-0.2, 0) is 0 Å². The van der Waals surface area contributed by atoms with Crippen LogP contribution >= 0.6 is 0 Å². The molecular weight excluding hydrogens is 213 g/mol. The number of rotatable bonds is 5. The van der Waals surface area contributed by atoms with E-state index in [1.54, 1.807) is 6.92 Å². The molecule has 1 aliphatic rings.